The number of carbonyl (C=O) groups excluding carboxylic acids is 5. The second-order valence-electron chi connectivity index (χ2n) is 16.7. The molecule has 2 heterocycles. The summed E-state index contributed by atoms with van der Waals surface area (Å²) in [4.78, 5) is 75.5. The smallest absolute Gasteiger partial charge is 0.410 e. The van der Waals surface area contributed by atoms with Crippen LogP contribution in [-0.4, -0.2) is 94.6 Å². The van der Waals surface area contributed by atoms with E-state index < -0.39 is 29.8 Å². The van der Waals surface area contributed by atoms with Gasteiger partial charge in [-0.15, -0.1) is 0 Å². The van der Waals surface area contributed by atoms with E-state index in [4.69, 9.17) is 19.2 Å². The molecule has 57 heavy (non-hydrogen) atoms. The predicted molar refractivity (Wildman–Crippen MR) is 216 cm³/mol. The normalized spacial score (nSPS) is 16.5. The Kier molecular flexibility index (Phi) is 13.8. The zero-order chi connectivity index (χ0) is 41.6. The zero-order valence-corrected chi connectivity index (χ0v) is 34.9. The largest absolute Gasteiger partial charge is 0.457 e. The van der Waals surface area contributed by atoms with Crippen LogP contribution in [0.2, 0.25) is 0 Å². The Morgan fingerprint density at radius 2 is 1.70 bits per heavy atom. The van der Waals surface area contributed by atoms with Crippen LogP contribution in [0.15, 0.2) is 42.6 Å². The third-order valence-electron chi connectivity index (χ3n) is 11.0. The topological polar surface area (TPSA) is 160 Å². The lowest BCUT2D eigenvalue weighted by atomic mass is 9.83. The van der Waals surface area contributed by atoms with Crippen LogP contribution in [-0.2, 0) is 36.6 Å². The minimum Gasteiger partial charge on any atom is -0.457 e. The number of aromatic amines is 1. The molecule has 1 unspecified atom stereocenters. The van der Waals surface area contributed by atoms with E-state index in [-0.39, 0.29) is 48.6 Å². The number of methoxy groups -OCH3 is 1. The number of ether oxygens (including phenoxy) is 3. The molecule has 1 aliphatic heterocycles. The third kappa shape index (κ3) is 10.6. The van der Waals surface area contributed by atoms with E-state index in [1.807, 2.05) is 60.6 Å². The van der Waals surface area contributed by atoms with E-state index in [1.165, 1.54) is 12.7 Å². The average molecular weight is 786 g/mol. The molecule has 0 spiro atoms. The fourth-order valence-electron chi connectivity index (χ4n) is 7.66. The Morgan fingerprint density at radius 3 is 2.35 bits per heavy atom. The van der Waals surface area contributed by atoms with Crippen LogP contribution in [0.5, 0.6) is 0 Å². The summed E-state index contributed by atoms with van der Waals surface area (Å²) in [6.45, 7) is 13.4. The number of rotatable bonds is 14. The van der Waals surface area contributed by atoms with Gasteiger partial charge in [-0.25, -0.2) is 14.6 Å². The van der Waals surface area contributed by atoms with Crippen LogP contribution in [0, 0.1) is 11.8 Å². The van der Waals surface area contributed by atoms with Crippen molar-refractivity contribution in [1.29, 1.82) is 0 Å². The van der Waals surface area contributed by atoms with Crippen molar-refractivity contribution in [2.24, 2.45) is 11.8 Å². The number of amides is 3. The molecule has 5 rings (SSSR count). The molecule has 0 saturated carbocycles. The lowest BCUT2D eigenvalue weighted by molar-refractivity contribution is -0.143. The summed E-state index contributed by atoms with van der Waals surface area (Å²) in [6, 6.07) is 10.9. The molecule has 1 aromatic heterocycles. The van der Waals surface area contributed by atoms with Crippen LogP contribution in [0.25, 0.3) is 22.4 Å². The van der Waals surface area contributed by atoms with Gasteiger partial charge in [-0.2, -0.15) is 0 Å². The van der Waals surface area contributed by atoms with Crippen LogP contribution < -0.4 is 5.32 Å². The van der Waals surface area contributed by atoms with Crippen molar-refractivity contribution >= 4 is 29.8 Å². The van der Waals surface area contributed by atoms with Crippen molar-refractivity contribution in [1.82, 2.24) is 25.1 Å². The number of hydrogen-bond donors (Lipinski definition) is 2. The van der Waals surface area contributed by atoms with Gasteiger partial charge in [-0.05, 0) is 112 Å². The lowest BCUT2D eigenvalue weighted by Crippen LogP contribution is -2.51. The minimum absolute atomic E-state index is 0.0127. The number of alkyl carbamates (subject to hydrolysis) is 1. The number of H-pyrrole nitrogens is 1. The molecule has 1 aliphatic carbocycles. The molecule has 2 N–H and O–H groups in total. The van der Waals surface area contributed by atoms with Crippen molar-refractivity contribution in [2.75, 3.05) is 27.3 Å². The summed E-state index contributed by atoms with van der Waals surface area (Å²) in [5.41, 5.74) is 6.18. The first-order valence-electron chi connectivity index (χ1n) is 20.1. The molecule has 4 atom stereocenters. The minimum atomic E-state index is -0.700. The van der Waals surface area contributed by atoms with E-state index in [0.717, 1.165) is 60.1 Å². The first kappa shape index (κ1) is 42.9. The molecular weight excluding hydrogens is 727 g/mol. The highest BCUT2D eigenvalue weighted by Crippen LogP contribution is 2.37. The Hall–Kier alpha value is -5.20. The maximum atomic E-state index is 13.6. The molecule has 1 saturated heterocycles. The zero-order valence-electron chi connectivity index (χ0n) is 34.9. The van der Waals surface area contributed by atoms with E-state index in [2.05, 4.69) is 28.5 Å². The Labute approximate surface area is 336 Å². The maximum absolute atomic E-state index is 13.6. The molecule has 3 amide bonds. The Morgan fingerprint density at radius 1 is 1.02 bits per heavy atom. The standard InChI is InChI=1S/C44H59N5O8/c1-10-28(20-27(4)48(8)43(54)57-44(5,6)7)21-38(51)56-25-37(50)32-16-18-34-30(23-32)14-13-29-22-31(15-17-33(29)34)35-24-45-40(46-35)36-12-11-19-49(36)41(52)39(26(2)3)47-42(53)55-9/h15-18,22-24,26-28,36,39H,10-14,19-21,25H2,1-9H3,(H,45,46)(H,47,53)/t27?,28-,36-,39-/m0/s1. The van der Waals surface area contributed by atoms with Gasteiger partial charge in [-0.3, -0.25) is 14.4 Å². The first-order chi connectivity index (χ1) is 27.0. The van der Waals surface area contributed by atoms with Gasteiger partial charge in [0.25, 0.3) is 0 Å². The summed E-state index contributed by atoms with van der Waals surface area (Å²) >= 11 is 0. The second-order valence-corrected chi connectivity index (χ2v) is 16.7. The fourth-order valence-corrected chi connectivity index (χ4v) is 7.66. The summed E-state index contributed by atoms with van der Waals surface area (Å²) in [5.74, 6) is -0.254. The van der Waals surface area contributed by atoms with E-state index in [0.29, 0.717) is 24.4 Å². The number of nitrogens with zero attached hydrogens (tertiary/aromatic N) is 3. The molecule has 3 aromatic rings. The van der Waals surface area contributed by atoms with E-state index in [9.17, 15) is 24.0 Å². The molecule has 13 heteroatoms. The maximum Gasteiger partial charge on any atom is 0.410 e. The monoisotopic (exact) mass is 785 g/mol. The predicted octanol–water partition coefficient (Wildman–Crippen LogP) is 7.67. The van der Waals surface area contributed by atoms with Crippen molar-refractivity contribution in [3.8, 4) is 22.4 Å². The van der Waals surface area contributed by atoms with Crippen LogP contribution in [0.1, 0.15) is 114 Å². The van der Waals surface area contributed by atoms with Crippen LogP contribution in [0.3, 0.4) is 0 Å². The molecule has 2 aromatic carbocycles. The number of imidazole rings is 1. The number of carbonyl (C=O) groups is 5. The number of Topliss-reactive ketones (excluding diaryl/α,β-unsaturated/α-hetero) is 1. The van der Waals surface area contributed by atoms with Gasteiger partial charge in [-0.1, -0.05) is 51.5 Å². The van der Waals surface area contributed by atoms with Gasteiger partial charge in [0.15, 0.2) is 12.4 Å². The molecule has 1 fully saturated rings. The lowest BCUT2D eigenvalue weighted by Gasteiger charge is -2.30. The number of aromatic nitrogens is 2. The highest BCUT2D eigenvalue weighted by molar-refractivity contribution is 5.99. The third-order valence-corrected chi connectivity index (χ3v) is 11.0. The van der Waals surface area contributed by atoms with Gasteiger partial charge in [0.1, 0.15) is 17.5 Å². The number of likely N-dealkylation sites (tertiary alicyclic amines) is 1. The number of esters is 1. The van der Waals surface area contributed by atoms with Crippen molar-refractivity contribution < 1.29 is 38.2 Å². The van der Waals surface area contributed by atoms with Crippen LogP contribution in [0.4, 0.5) is 9.59 Å². The summed E-state index contributed by atoms with van der Waals surface area (Å²) < 4.78 is 15.7. The van der Waals surface area contributed by atoms with Gasteiger partial charge in [0.2, 0.25) is 5.91 Å². The number of ketones is 1. The van der Waals surface area contributed by atoms with Crippen molar-refractivity contribution in [2.45, 2.75) is 117 Å². The molecular formula is C44H59N5O8. The van der Waals surface area contributed by atoms with Gasteiger partial charge in [0, 0.05) is 31.6 Å². The Balaban J connectivity index is 1.18. The molecule has 13 nitrogen and oxygen atoms in total. The fraction of sp³-hybridized carbons (Fsp3) is 0.545. The number of fused-ring (bicyclic) bond motifs is 3. The van der Waals surface area contributed by atoms with E-state index in [1.54, 1.807) is 29.1 Å². The summed E-state index contributed by atoms with van der Waals surface area (Å²) in [6.07, 6.45) is 5.41. The average Bonchev–Trinajstić information content (AvgIpc) is 3.87. The van der Waals surface area contributed by atoms with Crippen LogP contribution >= 0.6 is 0 Å². The van der Waals surface area contributed by atoms with Gasteiger partial charge in [0.05, 0.1) is 25.0 Å². The molecule has 2 aliphatic rings. The second kappa shape index (κ2) is 18.4. The SMILES string of the molecule is CC[C@H](CC(=O)OCC(=O)c1ccc2c(c1)CCc1cc(-c3cnc([C@@H]4CCCN4C(=O)[C@@H](NC(=O)OC)C(C)C)[nH]3)ccc1-2)CC(C)N(C)C(=O)OC(C)(C)C. The van der Waals surface area contributed by atoms with Gasteiger partial charge < -0.3 is 34.3 Å². The number of nitrogens with one attached hydrogen (secondary N) is 2. The van der Waals surface area contributed by atoms with E-state index >= 15 is 0 Å². The Bertz CT molecular complexity index is 1950. The highest BCUT2D eigenvalue weighted by Gasteiger charge is 2.37. The summed E-state index contributed by atoms with van der Waals surface area (Å²) in [5, 5.41) is 2.69. The number of aryl methyl sites for hydroxylation is 2. The van der Waals surface area contributed by atoms with Crippen molar-refractivity contribution in [3.63, 3.8) is 0 Å². The highest BCUT2D eigenvalue weighted by atomic mass is 16.6. The first-order valence-corrected chi connectivity index (χ1v) is 20.1. The number of benzene rings is 2. The van der Waals surface area contributed by atoms with Gasteiger partial charge >= 0.3 is 18.2 Å². The molecule has 0 radical (unpaired) electrons. The summed E-state index contributed by atoms with van der Waals surface area (Å²) in [7, 11) is 2.98. The molecule has 0 bridgehead atoms. The quantitative estimate of drug-likeness (QED) is 0.0950. The van der Waals surface area contributed by atoms with Crippen molar-refractivity contribution in [3.05, 3.63) is 65.1 Å². The number of hydrogen-bond acceptors (Lipinski definition) is 9. The molecule has 308 valence electrons.